The molecule has 149 valence electrons. The lowest BCUT2D eigenvalue weighted by Gasteiger charge is -2.31. The first kappa shape index (κ1) is 19.8. The molecule has 0 saturated heterocycles. The van der Waals surface area contributed by atoms with Gasteiger partial charge in [0.1, 0.15) is 0 Å². The maximum Gasteiger partial charge on any atom is 0.310 e. The number of esters is 1. The van der Waals surface area contributed by atoms with Crippen LogP contribution in [0, 0.1) is 11.8 Å². The van der Waals surface area contributed by atoms with Crippen molar-refractivity contribution in [2.24, 2.45) is 5.41 Å². The van der Waals surface area contributed by atoms with Gasteiger partial charge in [0.15, 0.2) is 0 Å². The Morgan fingerprint density at radius 3 is 2.45 bits per heavy atom. The molecule has 2 aromatic rings. The van der Waals surface area contributed by atoms with Crippen LogP contribution < -0.4 is 4.90 Å². The van der Waals surface area contributed by atoms with E-state index in [4.69, 9.17) is 4.74 Å². The number of nitrogens with zero attached hydrogens (tertiary/aromatic N) is 1. The number of carbonyl (C=O) groups is 2. The Kier molecular flexibility index (Phi) is 5.03. The van der Waals surface area contributed by atoms with Gasteiger partial charge in [-0.25, -0.2) is 0 Å². The second kappa shape index (κ2) is 7.38. The van der Waals surface area contributed by atoms with E-state index < -0.39 is 0 Å². The van der Waals surface area contributed by atoms with Crippen molar-refractivity contribution < 1.29 is 14.3 Å². The van der Waals surface area contributed by atoms with Crippen LogP contribution in [-0.4, -0.2) is 18.5 Å². The zero-order valence-electron chi connectivity index (χ0n) is 17.1. The number of hydrogen-bond acceptors (Lipinski definition) is 4. The van der Waals surface area contributed by atoms with E-state index in [1.54, 1.807) is 23.6 Å². The summed E-state index contributed by atoms with van der Waals surface area (Å²) >= 11 is 1.64. The fraction of sp³-hybridized carbons (Fsp3) is 0.292. The highest BCUT2D eigenvalue weighted by atomic mass is 32.2. The second-order valence-electron chi connectivity index (χ2n) is 8.22. The Morgan fingerprint density at radius 1 is 1.03 bits per heavy atom. The van der Waals surface area contributed by atoms with E-state index in [0.29, 0.717) is 6.61 Å². The molecule has 1 aliphatic carbocycles. The molecule has 1 heterocycles. The molecule has 0 saturated carbocycles. The molecule has 0 spiro atoms. The Labute approximate surface area is 175 Å². The lowest BCUT2D eigenvalue weighted by atomic mass is 9.93. The number of allylic oxidation sites excluding steroid dienone is 1. The Hall–Kier alpha value is -2.53. The van der Waals surface area contributed by atoms with Gasteiger partial charge in [0.05, 0.1) is 24.4 Å². The van der Waals surface area contributed by atoms with Gasteiger partial charge in [-0.15, -0.1) is 0 Å². The molecule has 29 heavy (non-hydrogen) atoms. The normalized spacial score (nSPS) is 15.0. The van der Waals surface area contributed by atoms with E-state index >= 15 is 0 Å². The summed E-state index contributed by atoms with van der Waals surface area (Å²) < 4.78 is 5.08. The minimum atomic E-state index is -0.262. The van der Waals surface area contributed by atoms with Gasteiger partial charge in [0.2, 0.25) is 0 Å². The number of benzene rings is 2. The van der Waals surface area contributed by atoms with Gasteiger partial charge in [-0.3, -0.25) is 14.5 Å². The average molecular weight is 407 g/mol. The summed E-state index contributed by atoms with van der Waals surface area (Å²) in [6.45, 7) is 8.50. The molecule has 0 bridgehead atoms. The van der Waals surface area contributed by atoms with Crippen LogP contribution in [0.1, 0.15) is 33.3 Å². The highest BCUT2D eigenvalue weighted by Crippen LogP contribution is 2.51. The van der Waals surface area contributed by atoms with Crippen molar-refractivity contribution in [1.29, 1.82) is 0 Å². The first-order valence-corrected chi connectivity index (χ1v) is 10.6. The highest BCUT2D eigenvalue weighted by Gasteiger charge is 2.41. The van der Waals surface area contributed by atoms with Crippen LogP contribution in [0.15, 0.2) is 63.4 Å². The van der Waals surface area contributed by atoms with Crippen molar-refractivity contribution in [2.75, 3.05) is 11.5 Å². The maximum atomic E-state index is 13.5. The molecular formula is C24H24NO3S. The summed E-state index contributed by atoms with van der Waals surface area (Å²) in [6.07, 6.45) is 2.17. The lowest BCUT2D eigenvalue weighted by molar-refractivity contribution is -0.142. The standard InChI is InChI=1S/C24H24NO3S/c1-5-28-22(26)13-15-10-11-21-19(12-15)25(18-8-6-7-9-20(18)29-21)23(27)16-14-17(16)24(2,3)4/h6-12,14H,5,13H2,1-4H3. The van der Waals surface area contributed by atoms with Crippen LogP contribution in [0.25, 0.3) is 0 Å². The minimum Gasteiger partial charge on any atom is -0.466 e. The number of anilines is 2. The SMILES string of the molecule is CCOC(=O)Cc1ccc2c(c1)N(C(=O)C1=C(C(C)(C)C)[CH]1)c1ccccc1S2. The van der Waals surface area contributed by atoms with Crippen LogP contribution in [0.5, 0.6) is 0 Å². The summed E-state index contributed by atoms with van der Waals surface area (Å²) in [5.41, 5.74) is 4.36. The monoisotopic (exact) mass is 406 g/mol. The van der Waals surface area contributed by atoms with Crippen LogP contribution in [-0.2, 0) is 20.7 Å². The third kappa shape index (κ3) is 3.84. The summed E-state index contributed by atoms with van der Waals surface area (Å²) in [7, 11) is 0. The van der Waals surface area contributed by atoms with Crippen molar-refractivity contribution in [3.8, 4) is 0 Å². The highest BCUT2D eigenvalue weighted by molar-refractivity contribution is 7.99. The summed E-state index contributed by atoms with van der Waals surface area (Å²) in [5, 5.41) is 0. The molecule has 0 aromatic heterocycles. The van der Waals surface area contributed by atoms with E-state index in [-0.39, 0.29) is 23.7 Å². The summed E-state index contributed by atoms with van der Waals surface area (Å²) in [6, 6.07) is 13.8. The van der Waals surface area contributed by atoms with E-state index in [9.17, 15) is 9.59 Å². The molecule has 0 unspecified atom stereocenters. The second-order valence-corrected chi connectivity index (χ2v) is 9.30. The van der Waals surface area contributed by atoms with Crippen LogP contribution in [0.4, 0.5) is 11.4 Å². The van der Waals surface area contributed by atoms with E-state index in [2.05, 4.69) is 20.8 Å². The van der Waals surface area contributed by atoms with E-state index in [1.165, 1.54) is 0 Å². The molecular weight excluding hydrogens is 382 g/mol. The van der Waals surface area contributed by atoms with Crippen LogP contribution in [0.3, 0.4) is 0 Å². The van der Waals surface area contributed by atoms with Crippen molar-refractivity contribution in [3.63, 3.8) is 0 Å². The van der Waals surface area contributed by atoms with Gasteiger partial charge in [-0.2, -0.15) is 0 Å². The third-order valence-corrected chi connectivity index (χ3v) is 6.11. The lowest BCUT2D eigenvalue weighted by Crippen LogP contribution is -2.28. The maximum absolute atomic E-state index is 13.5. The molecule has 1 aliphatic heterocycles. The third-order valence-electron chi connectivity index (χ3n) is 4.98. The first-order chi connectivity index (χ1) is 13.8. The van der Waals surface area contributed by atoms with Gasteiger partial charge >= 0.3 is 5.97 Å². The number of rotatable bonds is 4. The predicted octanol–water partition coefficient (Wildman–Crippen LogP) is 5.48. The minimum absolute atomic E-state index is 0.0165. The number of para-hydroxylation sites is 1. The fourth-order valence-electron chi connectivity index (χ4n) is 3.53. The number of hydrogen-bond donors (Lipinski definition) is 0. The molecule has 1 amide bonds. The number of amides is 1. The molecule has 0 N–H and O–H groups in total. The summed E-state index contributed by atoms with van der Waals surface area (Å²) in [4.78, 5) is 29.3. The fourth-order valence-corrected chi connectivity index (χ4v) is 4.57. The van der Waals surface area contributed by atoms with E-state index in [0.717, 1.165) is 37.9 Å². The quantitative estimate of drug-likeness (QED) is 0.631. The van der Waals surface area contributed by atoms with Gasteiger partial charge in [-0.1, -0.05) is 50.7 Å². The molecule has 0 fully saturated rings. The zero-order chi connectivity index (χ0) is 20.8. The van der Waals surface area contributed by atoms with Gasteiger partial charge in [0.25, 0.3) is 5.91 Å². The molecule has 2 aromatic carbocycles. The van der Waals surface area contributed by atoms with Gasteiger partial charge in [0, 0.05) is 21.8 Å². The first-order valence-electron chi connectivity index (χ1n) is 9.79. The molecule has 2 aliphatic rings. The summed E-state index contributed by atoms with van der Waals surface area (Å²) in [5.74, 6) is -0.278. The van der Waals surface area contributed by atoms with Crippen molar-refractivity contribution >= 4 is 35.0 Å². The van der Waals surface area contributed by atoms with Crippen molar-refractivity contribution in [1.82, 2.24) is 0 Å². The zero-order valence-corrected chi connectivity index (χ0v) is 17.9. The van der Waals surface area contributed by atoms with Crippen LogP contribution >= 0.6 is 11.8 Å². The number of fused-ring (bicyclic) bond motifs is 2. The Balaban J connectivity index is 1.76. The Morgan fingerprint density at radius 2 is 1.76 bits per heavy atom. The van der Waals surface area contributed by atoms with Crippen LogP contribution in [0.2, 0.25) is 0 Å². The molecule has 1 radical (unpaired) electrons. The molecule has 0 atom stereocenters. The van der Waals surface area contributed by atoms with Crippen molar-refractivity contribution in [3.05, 3.63) is 65.6 Å². The largest absolute Gasteiger partial charge is 0.466 e. The number of ether oxygens (including phenoxy) is 1. The molecule has 5 heteroatoms. The topological polar surface area (TPSA) is 46.6 Å². The Bertz CT molecular complexity index is 1030. The van der Waals surface area contributed by atoms with Crippen molar-refractivity contribution in [2.45, 2.75) is 43.9 Å². The molecule has 4 rings (SSSR count). The van der Waals surface area contributed by atoms with Gasteiger partial charge in [-0.05, 0) is 47.7 Å². The smallest absolute Gasteiger partial charge is 0.310 e. The molecule has 4 nitrogen and oxygen atoms in total. The van der Waals surface area contributed by atoms with Gasteiger partial charge < -0.3 is 4.74 Å². The van der Waals surface area contributed by atoms with E-state index in [1.807, 2.05) is 48.9 Å². The predicted molar refractivity (Wildman–Crippen MR) is 115 cm³/mol. The average Bonchev–Trinajstić information content (AvgIpc) is 3.47. The number of carbonyl (C=O) groups excluding carboxylic acids is 2.